The van der Waals surface area contributed by atoms with Crippen LogP contribution in [0.2, 0.25) is 0 Å². The van der Waals surface area contributed by atoms with E-state index < -0.39 is 23.6 Å². The summed E-state index contributed by atoms with van der Waals surface area (Å²) in [6.45, 7) is 5.54. The Labute approximate surface area is 182 Å². The van der Waals surface area contributed by atoms with E-state index in [1.807, 2.05) is 72.4 Å². The van der Waals surface area contributed by atoms with Crippen molar-refractivity contribution in [2.24, 2.45) is 7.05 Å². The van der Waals surface area contributed by atoms with E-state index in [1.165, 1.54) is 0 Å². The molecule has 1 atom stereocenters. The molecule has 0 spiro atoms. The fourth-order valence-corrected chi connectivity index (χ4v) is 3.30. The van der Waals surface area contributed by atoms with E-state index >= 15 is 0 Å². The van der Waals surface area contributed by atoms with Crippen LogP contribution >= 0.6 is 0 Å². The summed E-state index contributed by atoms with van der Waals surface area (Å²) in [6, 6.07) is 16.6. The van der Waals surface area contributed by atoms with E-state index in [4.69, 9.17) is 9.57 Å². The summed E-state index contributed by atoms with van der Waals surface area (Å²) >= 11 is 0. The Balaban J connectivity index is 1.73. The number of amides is 2. The molecule has 31 heavy (non-hydrogen) atoms. The van der Waals surface area contributed by atoms with Crippen molar-refractivity contribution in [2.75, 3.05) is 0 Å². The lowest BCUT2D eigenvalue weighted by Gasteiger charge is -2.23. The number of carbonyl (C=O) groups is 2. The molecule has 7 nitrogen and oxygen atoms in total. The smallest absolute Gasteiger partial charge is 0.408 e. The molecule has 3 rings (SSSR count). The van der Waals surface area contributed by atoms with Crippen LogP contribution in [0.5, 0.6) is 0 Å². The van der Waals surface area contributed by atoms with Crippen molar-refractivity contribution < 1.29 is 19.2 Å². The van der Waals surface area contributed by atoms with Gasteiger partial charge in [0.05, 0.1) is 6.61 Å². The summed E-state index contributed by atoms with van der Waals surface area (Å²) in [5.74, 6) is -0.449. The van der Waals surface area contributed by atoms with Gasteiger partial charge in [0, 0.05) is 30.6 Å². The number of hydrogen-bond donors (Lipinski definition) is 2. The summed E-state index contributed by atoms with van der Waals surface area (Å²) in [5, 5.41) is 3.71. The Morgan fingerprint density at radius 2 is 1.71 bits per heavy atom. The van der Waals surface area contributed by atoms with E-state index in [1.54, 1.807) is 20.8 Å². The molecule has 0 fully saturated rings. The van der Waals surface area contributed by atoms with Crippen LogP contribution in [0.1, 0.15) is 31.9 Å². The van der Waals surface area contributed by atoms with Gasteiger partial charge >= 0.3 is 6.09 Å². The molecule has 2 aromatic carbocycles. The molecular weight excluding hydrogens is 394 g/mol. The number of para-hydroxylation sites is 1. The third-order valence-corrected chi connectivity index (χ3v) is 4.67. The first-order valence-corrected chi connectivity index (χ1v) is 10.2. The molecular formula is C24H29N3O4. The Hall–Kier alpha value is -3.32. The lowest BCUT2D eigenvalue weighted by Crippen LogP contribution is -2.49. The maximum Gasteiger partial charge on any atom is 0.408 e. The first-order valence-electron chi connectivity index (χ1n) is 10.2. The molecule has 1 heterocycles. The molecule has 0 bridgehead atoms. The van der Waals surface area contributed by atoms with Gasteiger partial charge < -0.3 is 14.6 Å². The number of aromatic nitrogens is 1. The average molecular weight is 424 g/mol. The second kappa shape index (κ2) is 9.66. The van der Waals surface area contributed by atoms with Gasteiger partial charge in [-0.15, -0.1) is 0 Å². The van der Waals surface area contributed by atoms with Crippen LogP contribution in [0.25, 0.3) is 10.9 Å². The monoisotopic (exact) mass is 423 g/mol. The number of hydroxylamine groups is 1. The zero-order valence-electron chi connectivity index (χ0n) is 18.3. The van der Waals surface area contributed by atoms with Crippen LogP contribution in [0.15, 0.2) is 60.8 Å². The van der Waals surface area contributed by atoms with E-state index in [9.17, 15) is 9.59 Å². The molecule has 1 aromatic heterocycles. The van der Waals surface area contributed by atoms with E-state index in [-0.39, 0.29) is 6.61 Å². The van der Waals surface area contributed by atoms with Crippen LogP contribution in [0.3, 0.4) is 0 Å². The second-order valence-electron chi connectivity index (χ2n) is 8.43. The van der Waals surface area contributed by atoms with Gasteiger partial charge in [-0.25, -0.2) is 10.3 Å². The van der Waals surface area contributed by atoms with Gasteiger partial charge in [0.15, 0.2) is 0 Å². The predicted octanol–water partition coefficient (Wildman–Crippen LogP) is 3.86. The number of alkyl carbamates (subject to hydrolysis) is 1. The number of benzene rings is 2. The van der Waals surface area contributed by atoms with Crippen molar-refractivity contribution in [3.05, 3.63) is 71.9 Å². The first kappa shape index (κ1) is 22.4. The van der Waals surface area contributed by atoms with Crippen molar-refractivity contribution in [2.45, 2.75) is 45.4 Å². The predicted molar refractivity (Wildman–Crippen MR) is 119 cm³/mol. The SMILES string of the molecule is Cn1cc(CC(NC(=O)OC(C)(C)C)C(=O)NOCc2ccccc2)c2ccccc21. The molecule has 1 unspecified atom stereocenters. The number of nitrogens with zero attached hydrogens (tertiary/aromatic N) is 1. The molecule has 3 aromatic rings. The number of carbonyl (C=O) groups excluding carboxylic acids is 2. The van der Waals surface area contributed by atoms with Crippen molar-refractivity contribution in [1.29, 1.82) is 0 Å². The number of rotatable bonds is 7. The summed E-state index contributed by atoms with van der Waals surface area (Å²) < 4.78 is 7.35. The van der Waals surface area contributed by atoms with Crippen LogP contribution in [0.4, 0.5) is 4.79 Å². The molecule has 0 aliphatic rings. The highest BCUT2D eigenvalue weighted by Crippen LogP contribution is 2.22. The fourth-order valence-electron chi connectivity index (χ4n) is 3.30. The van der Waals surface area contributed by atoms with Crippen molar-refractivity contribution in [3.63, 3.8) is 0 Å². The first-order chi connectivity index (χ1) is 14.7. The highest BCUT2D eigenvalue weighted by atomic mass is 16.7. The summed E-state index contributed by atoms with van der Waals surface area (Å²) in [5.41, 5.74) is 4.70. The lowest BCUT2D eigenvalue weighted by atomic mass is 10.0. The van der Waals surface area contributed by atoms with E-state index in [0.29, 0.717) is 6.42 Å². The lowest BCUT2D eigenvalue weighted by molar-refractivity contribution is -0.136. The summed E-state index contributed by atoms with van der Waals surface area (Å²) in [4.78, 5) is 30.6. The molecule has 2 N–H and O–H groups in total. The summed E-state index contributed by atoms with van der Waals surface area (Å²) in [6.07, 6.45) is 1.60. The van der Waals surface area contributed by atoms with Gasteiger partial charge in [-0.3, -0.25) is 9.63 Å². The molecule has 0 radical (unpaired) electrons. The van der Waals surface area contributed by atoms with Gasteiger partial charge in [-0.05, 0) is 38.0 Å². The zero-order valence-corrected chi connectivity index (χ0v) is 18.3. The maximum atomic E-state index is 12.9. The largest absolute Gasteiger partial charge is 0.444 e. The second-order valence-corrected chi connectivity index (χ2v) is 8.43. The van der Waals surface area contributed by atoms with Crippen molar-refractivity contribution in [1.82, 2.24) is 15.4 Å². The standard InChI is InChI=1S/C24H29N3O4/c1-24(2,3)31-23(29)25-20(22(28)26-30-16-17-10-6-5-7-11-17)14-18-15-27(4)21-13-9-8-12-19(18)21/h5-13,15,20H,14,16H2,1-4H3,(H,25,29)(H,26,28). The third kappa shape index (κ3) is 6.33. The Morgan fingerprint density at radius 1 is 1.03 bits per heavy atom. The Kier molecular flexibility index (Phi) is 6.97. The van der Waals surface area contributed by atoms with Gasteiger partial charge in [0.1, 0.15) is 11.6 Å². The van der Waals surface area contributed by atoms with E-state index in [0.717, 1.165) is 22.0 Å². The molecule has 0 saturated heterocycles. The van der Waals surface area contributed by atoms with Crippen LogP contribution < -0.4 is 10.8 Å². The van der Waals surface area contributed by atoms with Crippen LogP contribution in [-0.4, -0.2) is 28.2 Å². The number of fused-ring (bicyclic) bond motifs is 1. The summed E-state index contributed by atoms with van der Waals surface area (Å²) in [7, 11) is 1.95. The van der Waals surface area contributed by atoms with Crippen LogP contribution in [-0.2, 0) is 34.4 Å². The zero-order chi connectivity index (χ0) is 22.4. The molecule has 0 aliphatic carbocycles. The molecule has 0 saturated carbocycles. The molecule has 164 valence electrons. The molecule has 7 heteroatoms. The number of nitrogens with one attached hydrogen (secondary N) is 2. The van der Waals surface area contributed by atoms with Crippen LogP contribution in [0, 0.1) is 0 Å². The number of aryl methyl sites for hydroxylation is 1. The minimum atomic E-state index is -0.864. The average Bonchev–Trinajstić information content (AvgIpc) is 3.02. The van der Waals surface area contributed by atoms with Gasteiger partial charge in [0.25, 0.3) is 5.91 Å². The van der Waals surface area contributed by atoms with Gasteiger partial charge in [0.2, 0.25) is 0 Å². The van der Waals surface area contributed by atoms with Crippen molar-refractivity contribution in [3.8, 4) is 0 Å². The highest BCUT2D eigenvalue weighted by molar-refractivity contribution is 5.88. The Morgan fingerprint density at radius 3 is 2.42 bits per heavy atom. The third-order valence-electron chi connectivity index (χ3n) is 4.67. The minimum Gasteiger partial charge on any atom is -0.444 e. The minimum absolute atomic E-state index is 0.222. The maximum absolute atomic E-state index is 12.9. The fraction of sp³-hybridized carbons (Fsp3) is 0.333. The quantitative estimate of drug-likeness (QED) is 0.566. The van der Waals surface area contributed by atoms with Crippen molar-refractivity contribution >= 4 is 22.9 Å². The molecule has 2 amide bonds. The Bertz CT molecular complexity index is 1040. The number of ether oxygens (including phenoxy) is 1. The molecule has 0 aliphatic heterocycles. The van der Waals surface area contributed by atoms with Gasteiger partial charge in [-0.2, -0.15) is 0 Å². The number of hydrogen-bond acceptors (Lipinski definition) is 4. The topological polar surface area (TPSA) is 81.6 Å². The highest BCUT2D eigenvalue weighted by Gasteiger charge is 2.26. The normalized spacial score (nSPS) is 12.4. The van der Waals surface area contributed by atoms with Gasteiger partial charge in [-0.1, -0.05) is 48.5 Å². The van der Waals surface area contributed by atoms with E-state index in [2.05, 4.69) is 10.8 Å².